The van der Waals surface area contributed by atoms with Crippen LogP contribution >= 0.6 is 0 Å². The summed E-state index contributed by atoms with van der Waals surface area (Å²) in [5, 5.41) is 12.2. The minimum absolute atomic E-state index is 0.219. The van der Waals surface area contributed by atoms with Gasteiger partial charge in [0.05, 0.1) is 31.0 Å². The Hall–Kier alpha value is -0.630. The minimum atomic E-state index is -0.219. The van der Waals surface area contributed by atoms with E-state index in [1.807, 2.05) is 13.8 Å². The van der Waals surface area contributed by atoms with Crippen LogP contribution in [0.4, 0.5) is 0 Å². The second-order valence-corrected chi connectivity index (χ2v) is 5.19. The van der Waals surface area contributed by atoms with Crippen molar-refractivity contribution in [1.29, 1.82) is 5.26 Å². The second kappa shape index (κ2) is 6.95. The van der Waals surface area contributed by atoms with Crippen molar-refractivity contribution < 1.29 is 9.47 Å². The molecule has 0 radical (unpaired) electrons. The standard InChI is InChI=1S/C13H24N2O2/c1-9(2)15-12(7-14)8-16-13-5-10(3)17-11(4)6-13/h9-13,15H,5-6,8H2,1-4H3. The summed E-state index contributed by atoms with van der Waals surface area (Å²) in [6.07, 6.45) is 2.57. The Morgan fingerprint density at radius 3 is 2.41 bits per heavy atom. The van der Waals surface area contributed by atoms with E-state index in [-0.39, 0.29) is 24.4 Å². The van der Waals surface area contributed by atoms with Crippen molar-refractivity contribution in [2.24, 2.45) is 0 Å². The van der Waals surface area contributed by atoms with Crippen molar-refractivity contribution in [3.05, 3.63) is 0 Å². The van der Waals surface area contributed by atoms with Crippen LogP contribution in [0.15, 0.2) is 0 Å². The first-order valence-corrected chi connectivity index (χ1v) is 6.44. The van der Waals surface area contributed by atoms with Crippen LogP contribution in [0.3, 0.4) is 0 Å². The van der Waals surface area contributed by atoms with Gasteiger partial charge in [-0.15, -0.1) is 0 Å². The molecule has 0 bridgehead atoms. The molecule has 17 heavy (non-hydrogen) atoms. The lowest BCUT2D eigenvalue weighted by molar-refractivity contribution is -0.103. The molecule has 0 aromatic carbocycles. The summed E-state index contributed by atoms with van der Waals surface area (Å²) in [6.45, 7) is 8.66. The zero-order chi connectivity index (χ0) is 12.8. The van der Waals surface area contributed by atoms with E-state index < -0.39 is 0 Å². The van der Waals surface area contributed by atoms with E-state index in [9.17, 15) is 0 Å². The lowest BCUT2D eigenvalue weighted by Crippen LogP contribution is -2.40. The van der Waals surface area contributed by atoms with Gasteiger partial charge in [0.15, 0.2) is 0 Å². The monoisotopic (exact) mass is 240 g/mol. The summed E-state index contributed by atoms with van der Waals surface area (Å²) >= 11 is 0. The SMILES string of the molecule is CC(C)NC(C#N)COC1CC(C)OC(C)C1. The van der Waals surface area contributed by atoms with E-state index in [0.717, 1.165) is 12.8 Å². The van der Waals surface area contributed by atoms with Crippen LogP contribution in [0.5, 0.6) is 0 Å². The van der Waals surface area contributed by atoms with Gasteiger partial charge in [0.1, 0.15) is 6.04 Å². The highest BCUT2D eigenvalue weighted by atomic mass is 16.5. The van der Waals surface area contributed by atoms with Gasteiger partial charge in [-0.25, -0.2) is 0 Å². The molecule has 1 rings (SSSR count). The summed E-state index contributed by atoms with van der Waals surface area (Å²) < 4.78 is 11.5. The van der Waals surface area contributed by atoms with E-state index in [1.165, 1.54) is 0 Å². The fourth-order valence-electron chi connectivity index (χ4n) is 2.24. The van der Waals surface area contributed by atoms with Crippen LogP contribution in [-0.4, -0.2) is 37.0 Å². The van der Waals surface area contributed by atoms with E-state index in [0.29, 0.717) is 12.6 Å². The second-order valence-electron chi connectivity index (χ2n) is 5.19. The van der Waals surface area contributed by atoms with Crippen molar-refractivity contribution in [3.63, 3.8) is 0 Å². The zero-order valence-electron chi connectivity index (χ0n) is 11.3. The van der Waals surface area contributed by atoms with Crippen LogP contribution in [0, 0.1) is 11.3 Å². The number of ether oxygens (including phenoxy) is 2. The maximum absolute atomic E-state index is 8.99. The Bertz CT molecular complexity index is 253. The summed E-state index contributed by atoms with van der Waals surface area (Å²) in [5.41, 5.74) is 0. The first-order chi connectivity index (χ1) is 8.01. The molecular weight excluding hydrogens is 216 g/mol. The van der Waals surface area contributed by atoms with Crippen molar-refractivity contribution in [2.45, 2.75) is 70.9 Å². The molecule has 0 saturated carbocycles. The number of hydrogen-bond acceptors (Lipinski definition) is 4. The highest BCUT2D eigenvalue weighted by Crippen LogP contribution is 2.21. The molecular formula is C13H24N2O2. The smallest absolute Gasteiger partial charge is 0.119 e. The Labute approximate surface area is 104 Å². The third-order valence-corrected chi connectivity index (χ3v) is 2.84. The predicted octanol–water partition coefficient (Wildman–Crippen LogP) is 1.85. The summed E-state index contributed by atoms with van der Waals surface area (Å²) in [7, 11) is 0. The van der Waals surface area contributed by atoms with Gasteiger partial charge >= 0.3 is 0 Å². The number of nitrogens with one attached hydrogen (secondary N) is 1. The normalized spacial score (nSPS) is 31.2. The number of nitriles is 1. The van der Waals surface area contributed by atoms with Gasteiger partial charge in [-0.05, 0) is 40.5 Å². The summed E-state index contributed by atoms with van der Waals surface area (Å²) in [5.74, 6) is 0. The molecule has 0 aromatic heterocycles. The van der Waals surface area contributed by atoms with E-state index in [1.54, 1.807) is 0 Å². The molecule has 1 saturated heterocycles. The Balaban J connectivity index is 2.31. The molecule has 1 N–H and O–H groups in total. The Morgan fingerprint density at radius 2 is 1.94 bits per heavy atom. The summed E-state index contributed by atoms with van der Waals surface area (Å²) in [6, 6.07) is 2.31. The van der Waals surface area contributed by atoms with Crippen molar-refractivity contribution in [2.75, 3.05) is 6.61 Å². The molecule has 4 heteroatoms. The van der Waals surface area contributed by atoms with E-state index in [2.05, 4.69) is 25.2 Å². The van der Waals surface area contributed by atoms with Gasteiger partial charge in [0, 0.05) is 6.04 Å². The molecule has 1 heterocycles. The average molecular weight is 240 g/mol. The maximum atomic E-state index is 8.99. The van der Waals surface area contributed by atoms with Gasteiger partial charge < -0.3 is 9.47 Å². The highest BCUT2D eigenvalue weighted by Gasteiger charge is 2.25. The first-order valence-electron chi connectivity index (χ1n) is 6.44. The van der Waals surface area contributed by atoms with Crippen molar-refractivity contribution in [1.82, 2.24) is 5.32 Å². The average Bonchev–Trinajstić information content (AvgIpc) is 2.22. The molecule has 4 nitrogen and oxygen atoms in total. The Morgan fingerprint density at radius 1 is 1.35 bits per heavy atom. The van der Waals surface area contributed by atoms with Crippen LogP contribution in [0.2, 0.25) is 0 Å². The minimum Gasteiger partial charge on any atom is -0.375 e. The van der Waals surface area contributed by atoms with Crippen molar-refractivity contribution >= 4 is 0 Å². The van der Waals surface area contributed by atoms with Gasteiger partial charge in [-0.1, -0.05) is 0 Å². The molecule has 0 aliphatic carbocycles. The molecule has 98 valence electrons. The third-order valence-electron chi connectivity index (χ3n) is 2.84. The van der Waals surface area contributed by atoms with Gasteiger partial charge in [0.25, 0.3) is 0 Å². The summed E-state index contributed by atoms with van der Waals surface area (Å²) in [4.78, 5) is 0. The van der Waals surface area contributed by atoms with Crippen LogP contribution in [0.25, 0.3) is 0 Å². The maximum Gasteiger partial charge on any atom is 0.119 e. The quantitative estimate of drug-likeness (QED) is 0.797. The Kier molecular flexibility index (Phi) is 5.90. The number of rotatable bonds is 5. The molecule has 1 aliphatic heterocycles. The van der Waals surface area contributed by atoms with Gasteiger partial charge in [-0.3, -0.25) is 5.32 Å². The topological polar surface area (TPSA) is 54.3 Å². The zero-order valence-corrected chi connectivity index (χ0v) is 11.3. The molecule has 0 spiro atoms. The highest BCUT2D eigenvalue weighted by molar-refractivity contribution is 4.91. The fourth-order valence-corrected chi connectivity index (χ4v) is 2.24. The molecule has 0 aromatic rings. The van der Waals surface area contributed by atoms with Crippen LogP contribution < -0.4 is 5.32 Å². The fraction of sp³-hybridized carbons (Fsp3) is 0.923. The molecule has 3 unspecified atom stereocenters. The van der Waals surface area contributed by atoms with E-state index in [4.69, 9.17) is 14.7 Å². The van der Waals surface area contributed by atoms with Crippen LogP contribution in [0.1, 0.15) is 40.5 Å². The number of nitrogens with zero attached hydrogens (tertiary/aromatic N) is 1. The lowest BCUT2D eigenvalue weighted by atomic mass is 10.0. The largest absolute Gasteiger partial charge is 0.375 e. The molecule has 1 fully saturated rings. The number of hydrogen-bond donors (Lipinski definition) is 1. The first kappa shape index (κ1) is 14.4. The molecule has 1 aliphatic rings. The third kappa shape index (κ3) is 5.49. The predicted molar refractivity (Wildman–Crippen MR) is 66.7 cm³/mol. The molecule has 3 atom stereocenters. The van der Waals surface area contributed by atoms with Crippen molar-refractivity contribution in [3.8, 4) is 6.07 Å². The van der Waals surface area contributed by atoms with Crippen LogP contribution in [-0.2, 0) is 9.47 Å². The lowest BCUT2D eigenvalue weighted by Gasteiger charge is -2.32. The molecule has 0 amide bonds. The van der Waals surface area contributed by atoms with Gasteiger partial charge in [-0.2, -0.15) is 5.26 Å². The van der Waals surface area contributed by atoms with E-state index >= 15 is 0 Å². The van der Waals surface area contributed by atoms with Gasteiger partial charge in [0.2, 0.25) is 0 Å².